The second-order valence-corrected chi connectivity index (χ2v) is 4.41. The summed E-state index contributed by atoms with van der Waals surface area (Å²) in [4.78, 5) is 9.43. The lowest BCUT2D eigenvalue weighted by atomic mass is 10.1. The molecular formula is C7H3ClF6N2OS. The smallest absolute Gasteiger partial charge is 0.300 e. The molecular weight excluding hydrogens is 310 g/mol. The highest BCUT2D eigenvalue weighted by Gasteiger charge is 2.75. The zero-order valence-corrected chi connectivity index (χ0v) is 9.64. The van der Waals surface area contributed by atoms with Crippen molar-refractivity contribution >= 4 is 34.0 Å². The Morgan fingerprint density at radius 1 is 1.22 bits per heavy atom. The van der Waals surface area contributed by atoms with Gasteiger partial charge in [0.2, 0.25) is 0 Å². The first-order valence-corrected chi connectivity index (χ1v) is 5.29. The molecule has 1 N–H and O–H groups in total. The lowest BCUT2D eigenvalue weighted by molar-refractivity contribution is -0.258. The van der Waals surface area contributed by atoms with Crippen LogP contribution in [0.5, 0.6) is 0 Å². The first-order chi connectivity index (χ1) is 8.00. The van der Waals surface area contributed by atoms with E-state index < -0.39 is 28.3 Å². The van der Waals surface area contributed by atoms with Crippen LogP contribution in [0.1, 0.15) is 0 Å². The summed E-state index contributed by atoms with van der Waals surface area (Å²) in [5.41, 5.74) is 0. The highest BCUT2D eigenvalue weighted by Crippen LogP contribution is 2.48. The van der Waals surface area contributed by atoms with Crippen LogP contribution < -0.4 is 5.32 Å². The maximum Gasteiger partial charge on any atom is 0.425 e. The Bertz CT molecular complexity index is 414. The molecule has 3 nitrogen and oxygen atoms in total. The first kappa shape index (κ1) is 15.0. The molecule has 0 aliphatic carbocycles. The highest BCUT2D eigenvalue weighted by molar-refractivity contribution is 7.13. The molecule has 0 fully saturated rings. The van der Waals surface area contributed by atoms with Crippen molar-refractivity contribution in [3.8, 4) is 0 Å². The molecule has 11 heteroatoms. The molecule has 1 amide bonds. The predicted octanol–water partition coefficient (Wildman–Crippen LogP) is 3.18. The molecule has 0 saturated carbocycles. The van der Waals surface area contributed by atoms with E-state index in [4.69, 9.17) is 0 Å². The summed E-state index contributed by atoms with van der Waals surface area (Å²) in [6, 6.07) is 0. The Kier molecular flexibility index (Phi) is 3.82. The molecule has 0 radical (unpaired) electrons. The molecule has 0 atom stereocenters. The molecule has 0 bridgehead atoms. The molecule has 0 aromatic carbocycles. The van der Waals surface area contributed by atoms with Crippen LogP contribution in [0.2, 0.25) is 0 Å². The minimum Gasteiger partial charge on any atom is -0.300 e. The number of anilines is 1. The Morgan fingerprint density at radius 3 is 2.06 bits per heavy atom. The zero-order valence-electron chi connectivity index (χ0n) is 8.06. The third-order valence-electron chi connectivity index (χ3n) is 1.75. The summed E-state index contributed by atoms with van der Waals surface area (Å²) in [7, 11) is 0. The SMILES string of the molecule is O=C(Nc1nccs1)C(Cl)(C(F)(F)F)C(F)(F)F. The van der Waals surface area contributed by atoms with Gasteiger partial charge in [0.1, 0.15) is 0 Å². The van der Waals surface area contributed by atoms with Gasteiger partial charge in [0.05, 0.1) is 0 Å². The summed E-state index contributed by atoms with van der Waals surface area (Å²) in [6.45, 7) is 0. The topological polar surface area (TPSA) is 42.0 Å². The number of hydrogen-bond donors (Lipinski definition) is 1. The summed E-state index contributed by atoms with van der Waals surface area (Å²) < 4.78 is 74.1. The van der Waals surface area contributed by atoms with Crippen LogP contribution in [0.3, 0.4) is 0 Å². The molecule has 1 aromatic heterocycles. The van der Waals surface area contributed by atoms with Gasteiger partial charge in [0, 0.05) is 11.6 Å². The number of alkyl halides is 7. The van der Waals surface area contributed by atoms with Crippen molar-refractivity contribution in [3.63, 3.8) is 0 Å². The number of carbonyl (C=O) groups is 1. The molecule has 1 rings (SSSR count). The van der Waals surface area contributed by atoms with Crippen molar-refractivity contribution < 1.29 is 31.1 Å². The average Bonchev–Trinajstić information content (AvgIpc) is 2.65. The van der Waals surface area contributed by atoms with E-state index in [0.29, 0.717) is 11.3 Å². The van der Waals surface area contributed by atoms with Crippen LogP contribution >= 0.6 is 22.9 Å². The number of nitrogens with one attached hydrogen (secondary N) is 1. The highest BCUT2D eigenvalue weighted by atomic mass is 35.5. The van der Waals surface area contributed by atoms with E-state index in [1.165, 1.54) is 10.7 Å². The average molecular weight is 313 g/mol. The van der Waals surface area contributed by atoms with Gasteiger partial charge in [-0.1, -0.05) is 11.6 Å². The minimum absolute atomic E-state index is 0.418. The monoisotopic (exact) mass is 312 g/mol. The quantitative estimate of drug-likeness (QED) is 0.673. The molecule has 0 aliphatic heterocycles. The van der Waals surface area contributed by atoms with Crippen molar-refractivity contribution in [1.82, 2.24) is 4.98 Å². The molecule has 1 heterocycles. The minimum atomic E-state index is -5.99. The molecule has 1 aromatic rings. The zero-order chi connectivity index (χ0) is 14.2. The van der Waals surface area contributed by atoms with Gasteiger partial charge in [-0.25, -0.2) is 4.98 Å². The van der Waals surface area contributed by atoms with Gasteiger partial charge in [-0.2, -0.15) is 26.3 Å². The third-order valence-corrected chi connectivity index (χ3v) is 3.04. The maximum absolute atomic E-state index is 12.3. The number of thiazole rings is 1. The van der Waals surface area contributed by atoms with Crippen LogP contribution in [0.4, 0.5) is 31.5 Å². The lowest BCUT2D eigenvalue weighted by Gasteiger charge is -2.29. The van der Waals surface area contributed by atoms with E-state index in [9.17, 15) is 31.1 Å². The van der Waals surface area contributed by atoms with Crippen molar-refractivity contribution in [2.24, 2.45) is 0 Å². The Morgan fingerprint density at radius 2 is 1.72 bits per heavy atom. The fraction of sp³-hybridized carbons (Fsp3) is 0.429. The first-order valence-electron chi connectivity index (χ1n) is 4.03. The van der Waals surface area contributed by atoms with Crippen LogP contribution in [-0.4, -0.2) is 28.1 Å². The van der Waals surface area contributed by atoms with Crippen LogP contribution in [0.25, 0.3) is 0 Å². The third kappa shape index (κ3) is 2.53. The molecule has 0 aliphatic rings. The van der Waals surface area contributed by atoms with Gasteiger partial charge in [-0.15, -0.1) is 11.3 Å². The van der Waals surface area contributed by atoms with Crippen molar-refractivity contribution in [2.75, 3.05) is 5.32 Å². The van der Waals surface area contributed by atoms with E-state index in [0.717, 1.165) is 6.20 Å². The maximum atomic E-state index is 12.3. The molecule has 0 unspecified atom stereocenters. The molecule has 0 saturated heterocycles. The van der Waals surface area contributed by atoms with Crippen LogP contribution in [0, 0.1) is 0 Å². The number of aromatic nitrogens is 1. The Hall–Kier alpha value is -1.03. The van der Waals surface area contributed by atoms with Gasteiger partial charge in [-0.3, -0.25) is 10.1 Å². The number of hydrogen-bond acceptors (Lipinski definition) is 3. The van der Waals surface area contributed by atoms with Crippen molar-refractivity contribution in [2.45, 2.75) is 17.2 Å². The van der Waals surface area contributed by atoms with E-state index in [1.807, 2.05) is 0 Å². The Labute approximate surface area is 105 Å². The van der Waals surface area contributed by atoms with E-state index >= 15 is 0 Å². The van der Waals surface area contributed by atoms with Gasteiger partial charge in [-0.05, 0) is 0 Å². The van der Waals surface area contributed by atoms with E-state index in [1.54, 1.807) is 0 Å². The fourth-order valence-corrected chi connectivity index (χ4v) is 1.46. The van der Waals surface area contributed by atoms with Crippen LogP contribution in [-0.2, 0) is 4.79 Å². The van der Waals surface area contributed by atoms with Gasteiger partial charge in [0.15, 0.2) is 5.13 Å². The standard InChI is InChI=1S/C7H3ClF6N2OS/c8-5(6(9,10)11,7(12,13)14)3(17)16-4-15-1-2-18-4/h1-2H,(H,15,16,17). The van der Waals surface area contributed by atoms with Gasteiger partial charge >= 0.3 is 17.2 Å². The lowest BCUT2D eigenvalue weighted by Crippen LogP contribution is -2.60. The normalized spacial score (nSPS) is 13.5. The summed E-state index contributed by atoms with van der Waals surface area (Å²) in [5, 5.41) is 2.21. The predicted molar refractivity (Wildman–Crippen MR) is 51.4 cm³/mol. The van der Waals surface area contributed by atoms with Crippen molar-refractivity contribution in [3.05, 3.63) is 11.6 Å². The van der Waals surface area contributed by atoms with Crippen LogP contribution in [0.15, 0.2) is 11.6 Å². The number of rotatable bonds is 2. The molecule has 0 spiro atoms. The second-order valence-electron chi connectivity index (χ2n) is 2.95. The molecule has 102 valence electrons. The summed E-state index contributed by atoms with van der Waals surface area (Å²) >= 11 is 5.13. The van der Waals surface area contributed by atoms with E-state index in [2.05, 4.69) is 16.6 Å². The summed E-state index contributed by atoms with van der Waals surface area (Å²) in [5.74, 6) is -2.45. The number of nitrogens with zero attached hydrogens (tertiary/aromatic N) is 1. The number of amides is 1. The number of halogens is 7. The fourth-order valence-electron chi connectivity index (χ4n) is 0.887. The van der Waals surface area contributed by atoms with Crippen molar-refractivity contribution in [1.29, 1.82) is 0 Å². The van der Waals surface area contributed by atoms with Gasteiger partial charge < -0.3 is 0 Å². The molecule has 18 heavy (non-hydrogen) atoms. The number of carbonyl (C=O) groups excluding carboxylic acids is 1. The second kappa shape index (κ2) is 4.57. The summed E-state index contributed by atoms with van der Waals surface area (Å²) in [6.07, 6.45) is -10.9. The van der Waals surface area contributed by atoms with Gasteiger partial charge in [0.25, 0.3) is 5.91 Å². The van der Waals surface area contributed by atoms with E-state index in [-0.39, 0.29) is 0 Å². The Balaban J connectivity index is 3.09. The largest absolute Gasteiger partial charge is 0.425 e.